The highest BCUT2D eigenvalue weighted by Crippen LogP contribution is 2.28. The summed E-state index contributed by atoms with van der Waals surface area (Å²) in [6.45, 7) is 3.16. The fraction of sp³-hybridized carbons (Fsp3) is 0.267. The van der Waals surface area contributed by atoms with E-state index in [1.54, 1.807) is 12.1 Å². The normalized spacial score (nSPS) is 13.8. The topological polar surface area (TPSA) is 67.2 Å². The zero-order valence-corrected chi connectivity index (χ0v) is 24.2. The van der Waals surface area contributed by atoms with Crippen LogP contribution >= 0.6 is 27.7 Å². The van der Waals surface area contributed by atoms with Crippen LogP contribution < -0.4 is 4.90 Å². The van der Waals surface area contributed by atoms with Gasteiger partial charge in [-0.25, -0.2) is 9.37 Å². The Bertz CT molecular complexity index is 1650. The molecular weight excluding hydrogens is 591 g/mol. The number of nitrogens with zero attached hydrogens (tertiary/aromatic N) is 6. The van der Waals surface area contributed by atoms with E-state index >= 15 is 0 Å². The Morgan fingerprint density at radius 3 is 2.48 bits per heavy atom. The van der Waals surface area contributed by atoms with E-state index in [1.807, 2.05) is 40.1 Å². The summed E-state index contributed by atoms with van der Waals surface area (Å²) < 4.78 is 17.3. The maximum atomic E-state index is 14.1. The smallest absolute Gasteiger partial charge is 0.222 e. The highest BCUT2D eigenvalue weighted by atomic mass is 79.9. The summed E-state index contributed by atoms with van der Waals surface area (Å²) >= 11 is 5.03. The number of benzene rings is 3. The number of hydrogen-bond donors (Lipinski definition) is 0. The van der Waals surface area contributed by atoms with Gasteiger partial charge in [-0.05, 0) is 42.3 Å². The summed E-state index contributed by atoms with van der Waals surface area (Å²) in [5.74, 6) is 0.641. The molecule has 1 aliphatic heterocycles. The minimum Gasteiger partial charge on any atom is -0.366 e. The molecule has 3 heterocycles. The molecule has 1 saturated heterocycles. The van der Waals surface area contributed by atoms with Gasteiger partial charge in [0, 0.05) is 54.8 Å². The molecule has 1 fully saturated rings. The zero-order valence-electron chi connectivity index (χ0n) is 21.8. The second kappa shape index (κ2) is 11.9. The summed E-state index contributed by atoms with van der Waals surface area (Å²) in [6.07, 6.45) is 1.19. The average Bonchev–Trinajstić information content (AvgIpc) is 3.29. The predicted molar refractivity (Wildman–Crippen MR) is 161 cm³/mol. The van der Waals surface area contributed by atoms with Crippen molar-refractivity contribution in [3.63, 3.8) is 0 Å². The first-order chi connectivity index (χ1) is 19.6. The van der Waals surface area contributed by atoms with E-state index in [0.717, 1.165) is 38.7 Å². The van der Waals surface area contributed by atoms with Crippen LogP contribution in [0.25, 0.3) is 22.1 Å². The lowest BCUT2D eigenvalue weighted by atomic mass is 10.2. The highest BCUT2D eigenvalue weighted by Gasteiger charge is 2.22. The standard InChI is InChI=1S/C30H28BrFN6OS/c31-22-13-11-21(12-14-22)20-38-25-8-3-1-6-23(25)28-29(38)33-30(35-34-28)40-19-5-10-27(39)37-17-15-36(16-18-37)26-9-4-2-7-24(26)32/h1-4,6-9,11-14H,5,10,15-20H2. The Labute approximate surface area is 244 Å². The van der Waals surface area contributed by atoms with Gasteiger partial charge in [0.05, 0.1) is 11.2 Å². The van der Waals surface area contributed by atoms with Crippen LogP contribution in [0.3, 0.4) is 0 Å². The molecule has 2 aromatic heterocycles. The second-order valence-corrected chi connectivity index (χ2v) is 11.7. The van der Waals surface area contributed by atoms with Crippen molar-refractivity contribution in [1.82, 2.24) is 24.6 Å². The number of carbonyl (C=O) groups is 1. The zero-order chi connectivity index (χ0) is 27.5. The van der Waals surface area contributed by atoms with E-state index in [1.165, 1.54) is 23.4 Å². The van der Waals surface area contributed by atoms with E-state index < -0.39 is 0 Å². The Hall–Kier alpha value is -3.50. The molecule has 204 valence electrons. The first-order valence-corrected chi connectivity index (χ1v) is 15.1. The van der Waals surface area contributed by atoms with Crippen LogP contribution in [-0.4, -0.2) is 62.5 Å². The molecule has 5 aromatic rings. The maximum absolute atomic E-state index is 14.1. The van der Waals surface area contributed by atoms with Crippen LogP contribution in [0.2, 0.25) is 0 Å². The van der Waals surface area contributed by atoms with Gasteiger partial charge in [0.25, 0.3) is 0 Å². The van der Waals surface area contributed by atoms with Gasteiger partial charge >= 0.3 is 0 Å². The fourth-order valence-electron chi connectivity index (χ4n) is 5.13. The van der Waals surface area contributed by atoms with Gasteiger partial charge in [0.2, 0.25) is 11.1 Å². The van der Waals surface area contributed by atoms with Gasteiger partial charge in [-0.15, -0.1) is 10.2 Å². The SMILES string of the molecule is O=C(CCCSc1nnc2c3ccccc3n(Cc3ccc(Br)cc3)c2n1)N1CCN(c2ccccc2F)CC1. The highest BCUT2D eigenvalue weighted by molar-refractivity contribution is 9.10. The Morgan fingerprint density at radius 1 is 0.925 bits per heavy atom. The van der Waals surface area contributed by atoms with Gasteiger partial charge in [0.1, 0.15) is 11.3 Å². The van der Waals surface area contributed by atoms with Crippen LogP contribution in [0, 0.1) is 5.82 Å². The first-order valence-electron chi connectivity index (χ1n) is 13.3. The summed E-state index contributed by atoms with van der Waals surface area (Å²) in [5.41, 5.74) is 4.46. The molecule has 3 aromatic carbocycles. The molecule has 1 aliphatic rings. The molecule has 0 spiro atoms. The van der Waals surface area contributed by atoms with Gasteiger partial charge in [0.15, 0.2) is 5.65 Å². The number of aromatic nitrogens is 4. The third kappa shape index (κ3) is 5.69. The Morgan fingerprint density at radius 2 is 1.68 bits per heavy atom. The van der Waals surface area contributed by atoms with Crippen molar-refractivity contribution in [2.45, 2.75) is 24.5 Å². The number of thioether (sulfide) groups is 1. The maximum Gasteiger partial charge on any atom is 0.222 e. The van der Waals surface area contributed by atoms with Crippen molar-refractivity contribution >= 4 is 61.4 Å². The van der Waals surface area contributed by atoms with Gasteiger partial charge in [-0.2, -0.15) is 0 Å². The minimum absolute atomic E-state index is 0.137. The van der Waals surface area contributed by atoms with Crippen molar-refractivity contribution in [3.8, 4) is 0 Å². The number of piperazine rings is 1. The Kier molecular flexibility index (Phi) is 7.97. The van der Waals surface area contributed by atoms with Crippen LogP contribution in [0.5, 0.6) is 0 Å². The van der Waals surface area contributed by atoms with Crippen molar-refractivity contribution < 1.29 is 9.18 Å². The largest absolute Gasteiger partial charge is 0.366 e. The second-order valence-electron chi connectivity index (χ2n) is 9.77. The molecule has 0 atom stereocenters. The minimum atomic E-state index is -0.220. The van der Waals surface area contributed by atoms with Crippen LogP contribution in [-0.2, 0) is 11.3 Å². The van der Waals surface area contributed by atoms with Crippen molar-refractivity contribution in [2.24, 2.45) is 0 Å². The molecule has 0 aliphatic carbocycles. The van der Waals surface area contributed by atoms with E-state index in [4.69, 9.17) is 4.98 Å². The van der Waals surface area contributed by atoms with Crippen molar-refractivity contribution in [2.75, 3.05) is 36.8 Å². The van der Waals surface area contributed by atoms with E-state index in [9.17, 15) is 9.18 Å². The third-order valence-electron chi connectivity index (χ3n) is 7.20. The number of para-hydroxylation sites is 2. The van der Waals surface area contributed by atoms with E-state index in [0.29, 0.717) is 50.0 Å². The molecule has 0 N–H and O–H groups in total. The summed E-state index contributed by atoms with van der Waals surface area (Å²) in [5, 5.41) is 10.6. The Balaban J connectivity index is 1.07. The third-order valence-corrected chi connectivity index (χ3v) is 8.65. The van der Waals surface area contributed by atoms with Gasteiger partial charge < -0.3 is 14.4 Å². The molecule has 6 rings (SSSR count). The lowest BCUT2D eigenvalue weighted by Crippen LogP contribution is -2.49. The number of rotatable bonds is 8. The van der Waals surface area contributed by atoms with Crippen molar-refractivity contribution in [1.29, 1.82) is 0 Å². The molecule has 40 heavy (non-hydrogen) atoms. The van der Waals surface area contributed by atoms with Crippen LogP contribution in [0.15, 0.2) is 82.4 Å². The lowest BCUT2D eigenvalue weighted by molar-refractivity contribution is -0.131. The average molecular weight is 620 g/mol. The van der Waals surface area contributed by atoms with E-state index in [-0.39, 0.29) is 11.7 Å². The van der Waals surface area contributed by atoms with Gasteiger partial charge in [-0.1, -0.05) is 70.2 Å². The summed E-state index contributed by atoms with van der Waals surface area (Å²) in [6, 6.07) is 23.3. The van der Waals surface area contributed by atoms with Crippen LogP contribution in [0.4, 0.5) is 10.1 Å². The number of anilines is 1. The van der Waals surface area contributed by atoms with Crippen LogP contribution in [0.1, 0.15) is 18.4 Å². The molecule has 0 radical (unpaired) electrons. The number of halogens is 2. The molecule has 1 amide bonds. The molecular formula is C30H28BrFN6OS. The van der Waals surface area contributed by atoms with Crippen molar-refractivity contribution in [3.05, 3.63) is 88.6 Å². The molecule has 0 saturated carbocycles. The summed E-state index contributed by atoms with van der Waals surface area (Å²) in [7, 11) is 0. The lowest BCUT2D eigenvalue weighted by Gasteiger charge is -2.36. The first kappa shape index (κ1) is 26.7. The molecule has 10 heteroatoms. The number of amides is 1. The number of carbonyl (C=O) groups excluding carboxylic acids is 1. The molecule has 7 nitrogen and oxygen atoms in total. The fourth-order valence-corrected chi connectivity index (χ4v) is 6.12. The van der Waals surface area contributed by atoms with E-state index in [2.05, 4.69) is 55.0 Å². The number of fused-ring (bicyclic) bond motifs is 3. The molecule has 0 unspecified atom stereocenters. The predicted octanol–water partition coefficient (Wildman–Crippen LogP) is 6.15. The number of hydrogen-bond acceptors (Lipinski definition) is 6. The summed E-state index contributed by atoms with van der Waals surface area (Å²) in [4.78, 5) is 21.6. The van der Waals surface area contributed by atoms with Gasteiger partial charge in [-0.3, -0.25) is 4.79 Å². The quantitative estimate of drug-likeness (QED) is 0.153. The monoisotopic (exact) mass is 618 g/mol. The molecule has 0 bridgehead atoms.